The summed E-state index contributed by atoms with van der Waals surface area (Å²) < 4.78 is 5.35. The highest BCUT2D eigenvalue weighted by atomic mass is 35.5. The van der Waals surface area contributed by atoms with Gasteiger partial charge >= 0.3 is 0 Å². The van der Waals surface area contributed by atoms with E-state index < -0.39 is 0 Å². The van der Waals surface area contributed by atoms with Crippen molar-refractivity contribution in [1.82, 2.24) is 14.9 Å². The van der Waals surface area contributed by atoms with Gasteiger partial charge in [0.05, 0.1) is 42.4 Å². The van der Waals surface area contributed by atoms with Gasteiger partial charge in [-0.1, -0.05) is 0 Å². The first-order chi connectivity index (χ1) is 10.2. The normalized spacial score (nSPS) is 17.5. The standard InChI is InChI=1S/C14H18ClN5O/c15-8-13(16)17-10-1-2-11-12(7-10)19-14(18-11)9-20-3-5-21-6-4-20/h1-2,7H,3-6,8-9H2,(H2,16,17)(H,18,19). The van der Waals surface area contributed by atoms with E-state index in [4.69, 9.17) is 22.1 Å². The van der Waals surface area contributed by atoms with E-state index in [-0.39, 0.29) is 5.88 Å². The minimum atomic E-state index is 0.225. The molecule has 112 valence electrons. The molecule has 1 aliphatic rings. The first kappa shape index (κ1) is 14.3. The Kier molecular flexibility index (Phi) is 4.38. The Balaban J connectivity index is 1.79. The number of nitrogens with two attached hydrogens (primary N) is 1. The number of rotatable bonds is 4. The molecule has 7 heteroatoms. The fourth-order valence-electron chi connectivity index (χ4n) is 2.36. The predicted molar refractivity (Wildman–Crippen MR) is 84.2 cm³/mol. The van der Waals surface area contributed by atoms with Crippen LogP contribution in [0.3, 0.4) is 0 Å². The number of nitrogens with one attached hydrogen (secondary N) is 1. The third kappa shape index (κ3) is 3.53. The lowest BCUT2D eigenvalue weighted by atomic mass is 10.3. The van der Waals surface area contributed by atoms with E-state index >= 15 is 0 Å². The molecule has 0 saturated carbocycles. The quantitative estimate of drug-likeness (QED) is 0.511. The van der Waals surface area contributed by atoms with Crippen LogP contribution < -0.4 is 5.73 Å². The van der Waals surface area contributed by atoms with E-state index in [0.29, 0.717) is 5.84 Å². The zero-order valence-corrected chi connectivity index (χ0v) is 12.4. The van der Waals surface area contributed by atoms with Crippen molar-refractivity contribution < 1.29 is 4.74 Å². The van der Waals surface area contributed by atoms with Crippen molar-refractivity contribution in [2.45, 2.75) is 6.54 Å². The van der Waals surface area contributed by atoms with Gasteiger partial charge in [-0.05, 0) is 18.2 Å². The molecule has 2 heterocycles. The van der Waals surface area contributed by atoms with Crippen molar-refractivity contribution in [3.63, 3.8) is 0 Å². The van der Waals surface area contributed by atoms with Gasteiger partial charge in [0.1, 0.15) is 11.7 Å². The number of hydrogen-bond donors (Lipinski definition) is 2. The smallest absolute Gasteiger partial charge is 0.121 e. The number of H-pyrrole nitrogens is 1. The molecule has 1 aromatic carbocycles. The number of imidazole rings is 1. The molecule has 0 unspecified atom stereocenters. The number of hydrogen-bond acceptors (Lipinski definition) is 4. The zero-order valence-electron chi connectivity index (χ0n) is 11.7. The van der Waals surface area contributed by atoms with E-state index in [9.17, 15) is 0 Å². The van der Waals surface area contributed by atoms with Crippen LogP contribution in [0.1, 0.15) is 5.82 Å². The predicted octanol–water partition coefficient (Wildman–Crippen LogP) is 1.62. The van der Waals surface area contributed by atoms with Crippen molar-refractivity contribution in [3.8, 4) is 0 Å². The second kappa shape index (κ2) is 6.43. The molecule has 0 aliphatic carbocycles. The summed E-state index contributed by atoms with van der Waals surface area (Å²) in [6, 6.07) is 5.76. The lowest BCUT2D eigenvalue weighted by molar-refractivity contribution is 0.0332. The van der Waals surface area contributed by atoms with Crippen LogP contribution in [0.5, 0.6) is 0 Å². The number of benzene rings is 1. The van der Waals surface area contributed by atoms with Crippen molar-refractivity contribution in [2.75, 3.05) is 32.2 Å². The van der Waals surface area contributed by atoms with Crippen molar-refractivity contribution in [3.05, 3.63) is 24.0 Å². The summed E-state index contributed by atoms with van der Waals surface area (Å²) in [4.78, 5) is 14.5. The largest absolute Gasteiger partial charge is 0.386 e. The molecule has 2 aromatic rings. The Labute approximate surface area is 128 Å². The fourth-order valence-corrected chi connectivity index (χ4v) is 2.42. The Morgan fingerprint density at radius 3 is 3.00 bits per heavy atom. The zero-order chi connectivity index (χ0) is 14.7. The summed E-state index contributed by atoms with van der Waals surface area (Å²) in [5, 5.41) is 0. The number of amidine groups is 1. The highest BCUT2D eigenvalue weighted by Gasteiger charge is 2.13. The minimum absolute atomic E-state index is 0.225. The molecule has 0 spiro atoms. The summed E-state index contributed by atoms with van der Waals surface area (Å²) in [6.07, 6.45) is 0. The van der Waals surface area contributed by atoms with E-state index in [1.807, 2.05) is 18.2 Å². The summed E-state index contributed by atoms with van der Waals surface area (Å²) in [7, 11) is 0. The Bertz CT molecular complexity index is 648. The maximum atomic E-state index is 5.65. The molecule has 21 heavy (non-hydrogen) atoms. The molecule has 0 radical (unpaired) electrons. The summed E-state index contributed by atoms with van der Waals surface area (Å²) in [6.45, 7) is 4.27. The van der Waals surface area contributed by atoms with Crippen LogP contribution in [0.4, 0.5) is 5.69 Å². The molecule has 3 N–H and O–H groups in total. The number of nitrogens with zero attached hydrogens (tertiary/aromatic N) is 3. The number of halogens is 1. The average molecular weight is 308 g/mol. The number of aromatic nitrogens is 2. The monoisotopic (exact) mass is 307 g/mol. The molecular weight excluding hydrogens is 290 g/mol. The van der Waals surface area contributed by atoms with Crippen LogP contribution in [0.2, 0.25) is 0 Å². The number of ether oxygens (including phenoxy) is 1. The number of aromatic amines is 1. The molecule has 1 aromatic heterocycles. The maximum Gasteiger partial charge on any atom is 0.121 e. The first-order valence-electron chi connectivity index (χ1n) is 6.92. The maximum absolute atomic E-state index is 5.65. The highest BCUT2D eigenvalue weighted by Crippen LogP contribution is 2.20. The van der Waals surface area contributed by atoms with Crippen LogP contribution >= 0.6 is 11.6 Å². The lowest BCUT2D eigenvalue weighted by Gasteiger charge is -2.25. The average Bonchev–Trinajstić information content (AvgIpc) is 2.89. The number of aliphatic imine (C=N–C) groups is 1. The van der Waals surface area contributed by atoms with Crippen LogP contribution in [0, 0.1) is 0 Å². The Morgan fingerprint density at radius 1 is 1.43 bits per heavy atom. The molecule has 1 fully saturated rings. The molecule has 3 rings (SSSR count). The summed E-state index contributed by atoms with van der Waals surface area (Å²) in [5.41, 5.74) is 8.32. The SMILES string of the molecule is NC(CCl)=Nc1ccc2nc(CN3CCOCC3)[nH]c2c1. The van der Waals surface area contributed by atoms with Gasteiger partial charge in [0.25, 0.3) is 0 Å². The van der Waals surface area contributed by atoms with Gasteiger partial charge < -0.3 is 15.5 Å². The minimum Gasteiger partial charge on any atom is -0.386 e. The van der Waals surface area contributed by atoms with E-state index in [0.717, 1.165) is 55.4 Å². The molecule has 0 bridgehead atoms. The van der Waals surface area contributed by atoms with E-state index in [1.54, 1.807) is 0 Å². The van der Waals surface area contributed by atoms with Crippen molar-refractivity contribution >= 4 is 34.2 Å². The fraction of sp³-hybridized carbons (Fsp3) is 0.429. The third-order valence-corrected chi connectivity index (χ3v) is 3.68. The molecular formula is C14H18ClN5O. The van der Waals surface area contributed by atoms with Crippen molar-refractivity contribution in [2.24, 2.45) is 10.7 Å². The third-order valence-electron chi connectivity index (χ3n) is 3.40. The van der Waals surface area contributed by atoms with Crippen LogP contribution in [-0.2, 0) is 11.3 Å². The molecule has 0 atom stereocenters. The van der Waals surface area contributed by atoms with Crippen LogP contribution in [0.15, 0.2) is 23.2 Å². The number of fused-ring (bicyclic) bond motifs is 1. The second-order valence-electron chi connectivity index (χ2n) is 5.01. The highest BCUT2D eigenvalue weighted by molar-refractivity contribution is 6.28. The number of morpholine rings is 1. The van der Waals surface area contributed by atoms with Gasteiger partial charge in [-0.3, -0.25) is 4.90 Å². The van der Waals surface area contributed by atoms with Crippen LogP contribution in [0.25, 0.3) is 11.0 Å². The first-order valence-corrected chi connectivity index (χ1v) is 7.46. The van der Waals surface area contributed by atoms with Gasteiger partial charge in [-0.2, -0.15) is 0 Å². The van der Waals surface area contributed by atoms with Gasteiger partial charge in [-0.25, -0.2) is 9.98 Å². The van der Waals surface area contributed by atoms with Crippen LogP contribution in [-0.4, -0.2) is 52.9 Å². The molecule has 0 amide bonds. The Hall–Kier alpha value is -1.63. The topological polar surface area (TPSA) is 79.5 Å². The van der Waals surface area contributed by atoms with Gasteiger partial charge in [-0.15, -0.1) is 11.6 Å². The summed E-state index contributed by atoms with van der Waals surface area (Å²) >= 11 is 5.64. The number of alkyl halides is 1. The lowest BCUT2D eigenvalue weighted by Crippen LogP contribution is -2.35. The molecule has 6 nitrogen and oxygen atoms in total. The summed E-state index contributed by atoms with van der Waals surface area (Å²) in [5.74, 6) is 1.59. The van der Waals surface area contributed by atoms with Gasteiger partial charge in [0, 0.05) is 13.1 Å². The second-order valence-corrected chi connectivity index (χ2v) is 5.28. The van der Waals surface area contributed by atoms with E-state index in [2.05, 4.69) is 19.9 Å². The van der Waals surface area contributed by atoms with E-state index in [1.165, 1.54) is 0 Å². The van der Waals surface area contributed by atoms with Gasteiger partial charge in [0.2, 0.25) is 0 Å². The Morgan fingerprint density at radius 2 is 2.24 bits per heavy atom. The molecule has 1 aliphatic heterocycles. The molecule has 1 saturated heterocycles. The van der Waals surface area contributed by atoms with Crippen molar-refractivity contribution in [1.29, 1.82) is 0 Å². The van der Waals surface area contributed by atoms with Gasteiger partial charge in [0.15, 0.2) is 0 Å².